The number of halogens is 1. The summed E-state index contributed by atoms with van der Waals surface area (Å²) in [4.78, 5) is 14.6. The number of hydrogen-bond acceptors (Lipinski definition) is 5. The van der Waals surface area contributed by atoms with Crippen LogP contribution in [0.25, 0.3) is 6.08 Å². The zero-order chi connectivity index (χ0) is 24.1. The molecule has 1 N–H and O–H groups in total. The molecule has 1 amide bonds. The van der Waals surface area contributed by atoms with Gasteiger partial charge in [-0.05, 0) is 85.4 Å². The first-order valence-electron chi connectivity index (χ1n) is 10.6. The lowest BCUT2D eigenvalue weighted by molar-refractivity contribution is -0.113. The van der Waals surface area contributed by atoms with Gasteiger partial charge in [-0.2, -0.15) is 0 Å². The molecule has 0 radical (unpaired) electrons. The SMILES string of the molecule is CCOc1ccc(N2C(=O)/C(=C\c3ccc(OC)c(COc4cccc(Cl)c4)c3)NC2=S)cc1. The molecule has 0 spiro atoms. The van der Waals surface area contributed by atoms with Crippen molar-refractivity contribution in [2.75, 3.05) is 18.6 Å². The van der Waals surface area contributed by atoms with E-state index in [1.807, 2.05) is 49.4 Å². The lowest BCUT2D eigenvalue weighted by atomic mass is 10.1. The maximum Gasteiger partial charge on any atom is 0.281 e. The number of benzene rings is 3. The number of nitrogens with zero attached hydrogens (tertiary/aromatic N) is 1. The molecule has 8 heteroatoms. The first-order valence-corrected chi connectivity index (χ1v) is 11.4. The number of amides is 1. The van der Waals surface area contributed by atoms with Crippen LogP contribution in [0.15, 0.2) is 72.4 Å². The van der Waals surface area contributed by atoms with Crippen LogP contribution in [0.5, 0.6) is 17.2 Å². The van der Waals surface area contributed by atoms with Gasteiger partial charge in [0.15, 0.2) is 5.11 Å². The Kier molecular flexibility index (Phi) is 7.35. The lowest BCUT2D eigenvalue weighted by Crippen LogP contribution is -2.30. The summed E-state index contributed by atoms with van der Waals surface area (Å²) < 4.78 is 16.8. The summed E-state index contributed by atoms with van der Waals surface area (Å²) >= 11 is 11.5. The second kappa shape index (κ2) is 10.6. The number of methoxy groups -OCH3 is 1. The summed E-state index contributed by atoms with van der Waals surface area (Å²) in [6.45, 7) is 2.77. The molecule has 0 aromatic heterocycles. The van der Waals surface area contributed by atoms with Crippen LogP contribution in [0.1, 0.15) is 18.1 Å². The number of hydrogen-bond donors (Lipinski definition) is 1. The Labute approximate surface area is 208 Å². The third-order valence-electron chi connectivity index (χ3n) is 5.09. The Bertz CT molecular complexity index is 1240. The Morgan fingerprint density at radius 2 is 1.82 bits per heavy atom. The molecule has 1 aliphatic heterocycles. The Morgan fingerprint density at radius 3 is 2.53 bits per heavy atom. The minimum Gasteiger partial charge on any atom is -0.496 e. The number of thiocarbonyl (C=S) groups is 1. The molecule has 1 aliphatic rings. The Morgan fingerprint density at radius 1 is 1.03 bits per heavy atom. The van der Waals surface area contributed by atoms with Crippen molar-refractivity contribution < 1.29 is 19.0 Å². The lowest BCUT2D eigenvalue weighted by Gasteiger charge is -2.14. The van der Waals surface area contributed by atoms with Crippen LogP contribution in [-0.4, -0.2) is 24.7 Å². The fourth-order valence-electron chi connectivity index (χ4n) is 3.51. The van der Waals surface area contributed by atoms with Gasteiger partial charge in [-0.1, -0.05) is 23.7 Å². The Balaban J connectivity index is 1.54. The van der Waals surface area contributed by atoms with Crippen molar-refractivity contribution in [3.63, 3.8) is 0 Å². The van der Waals surface area contributed by atoms with Gasteiger partial charge in [0.25, 0.3) is 5.91 Å². The van der Waals surface area contributed by atoms with Crippen molar-refractivity contribution in [1.29, 1.82) is 0 Å². The van der Waals surface area contributed by atoms with Gasteiger partial charge in [-0.15, -0.1) is 0 Å². The van der Waals surface area contributed by atoms with Gasteiger partial charge in [0, 0.05) is 10.6 Å². The van der Waals surface area contributed by atoms with E-state index in [2.05, 4.69) is 5.32 Å². The first-order chi connectivity index (χ1) is 16.5. The molecular weight excluding hydrogens is 472 g/mol. The number of ether oxygens (including phenoxy) is 3. The molecule has 1 saturated heterocycles. The molecule has 3 aromatic carbocycles. The van der Waals surface area contributed by atoms with Crippen molar-refractivity contribution >= 4 is 46.6 Å². The van der Waals surface area contributed by atoms with E-state index >= 15 is 0 Å². The molecule has 1 fully saturated rings. The van der Waals surface area contributed by atoms with Crippen molar-refractivity contribution in [1.82, 2.24) is 5.32 Å². The third-order valence-corrected chi connectivity index (χ3v) is 5.61. The minimum absolute atomic E-state index is 0.235. The monoisotopic (exact) mass is 494 g/mol. The predicted molar refractivity (Wildman–Crippen MR) is 138 cm³/mol. The molecule has 0 atom stereocenters. The van der Waals surface area contributed by atoms with E-state index in [1.54, 1.807) is 37.5 Å². The maximum atomic E-state index is 13.1. The molecule has 1 heterocycles. The molecule has 0 unspecified atom stereocenters. The van der Waals surface area contributed by atoms with Crippen LogP contribution in [0.4, 0.5) is 5.69 Å². The van der Waals surface area contributed by atoms with Crippen LogP contribution in [0.2, 0.25) is 5.02 Å². The van der Waals surface area contributed by atoms with Gasteiger partial charge in [0.05, 0.1) is 19.4 Å². The van der Waals surface area contributed by atoms with Gasteiger partial charge >= 0.3 is 0 Å². The number of carbonyl (C=O) groups is 1. The number of rotatable bonds is 8. The van der Waals surface area contributed by atoms with E-state index in [4.69, 9.17) is 38.0 Å². The smallest absolute Gasteiger partial charge is 0.281 e. The van der Waals surface area contributed by atoms with Gasteiger partial charge in [-0.3, -0.25) is 9.69 Å². The van der Waals surface area contributed by atoms with Gasteiger partial charge in [0.1, 0.15) is 29.6 Å². The third kappa shape index (κ3) is 5.32. The minimum atomic E-state index is -0.235. The highest BCUT2D eigenvalue weighted by atomic mass is 35.5. The van der Waals surface area contributed by atoms with Crippen LogP contribution in [0.3, 0.4) is 0 Å². The maximum absolute atomic E-state index is 13.1. The second-order valence-corrected chi connectivity index (χ2v) is 8.20. The van der Waals surface area contributed by atoms with E-state index in [9.17, 15) is 4.79 Å². The normalized spacial score (nSPS) is 14.3. The van der Waals surface area contributed by atoms with Crippen molar-refractivity contribution in [3.8, 4) is 17.2 Å². The molecule has 34 heavy (non-hydrogen) atoms. The summed E-state index contributed by atoms with van der Waals surface area (Å²) in [6, 6.07) is 20.0. The van der Waals surface area contributed by atoms with Crippen LogP contribution >= 0.6 is 23.8 Å². The summed E-state index contributed by atoms with van der Waals surface area (Å²) in [7, 11) is 1.60. The van der Waals surface area contributed by atoms with E-state index in [-0.39, 0.29) is 12.5 Å². The molecule has 0 aliphatic carbocycles. The number of nitrogens with one attached hydrogen (secondary N) is 1. The highest BCUT2D eigenvalue weighted by Crippen LogP contribution is 2.27. The quantitative estimate of drug-likeness (QED) is 0.325. The van der Waals surface area contributed by atoms with Crippen molar-refractivity contribution in [2.45, 2.75) is 13.5 Å². The molecular formula is C26H23ClN2O4S. The summed E-state index contributed by atoms with van der Waals surface area (Å²) in [5, 5.41) is 3.93. The zero-order valence-electron chi connectivity index (χ0n) is 18.7. The highest BCUT2D eigenvalue weighted by molar-refractivity contribution is 7.80. The van der Waals surface area contributed by atoms with Crippen LogP contribution < -0.4 is 24.4 Å². The first kappa shape index (κ1) is 23.6. The van der Waals surface area contributed by atoms with Gasteiger partial charge in [0.2, 0.25) is 0 Å². The van der Waals surface area contributed by atoms with Gasteiger partial charge < -0.3 is 19.5 Å². The molecule has 4 rings (SSSR count). The zero-order valence-corrected chi connectivity index (χ0v) is 20.3. The highest BCUT2D eigenvalue weighted by Gasteiger charge is 2.32. The molecule has 3 aromatic rings. The molecule has 174 valence electrons. The van der Waals surface area contributed by atoms with E-state index in [0.29, 0.717) is 39.6 Å². The molecule has 0 saturated carbocycles. The Hall–Kier alpha value is -3.55. The predicted octanol–water partition coefficient (Wildman–Crippen LogP) is 5.59. The molecule has 0 bridgehead atoms. The average Bonchev–Trinajstić information content (AvgIpc) is 3.11. The van der Waals surface area contributed by atoms with Crippen LogP contribution in [-0.2, 0) is 11.4 Å². The largest absolute Gasteiger partial charge is 0.496 e. The second-order valence-electron chi connectivity index (χ2n) is 7.37. The standard InChI is InChI=1S/C26H23ClN2O4S/c1-3-32-21-10-8-20(9-11-21)29-25(30)23(28-26(29)34)14-17-7-12-24(31-2)18(13-17)16-33-22-6-4-5-19(27)15-22/h4-15H,3,16H2,1-2H3,(H,28,34)/b23-14+. The van der Waals surface area contributed by atoms with Crippen molar-refractivity contribution in [2.24, 2.45) is 0 Å². The molecule has 6 nitrogen and oxygen atoms in total. The topological polar surface area (TPSA) is 60.0 Å². The van der Waals surface area contributed by atoms with Gasteiger partial charge in [-0.25, -0.2) is 0 Å². The summed E-state index contributed by atoms with van der Waals surface area (Å²) in [5.74, 6) is 1.84. The van der Waals surface area contributed by atoms with Crippen LogP contribution in [0, 0.1) is 0 Å². The fourth-order valence-corrected chi connectivity index (χ4v) is 3.99. The van der Waals surface area contributed by atoms with E-state index in [0.717, 1.165) is 16.9 Å². The number of anilines is 1. The number of carbonyl (C=O) groups excluding carboxylic acids is 1. The van der Waals surface area contributed by atoms with E-state index in [1.165, 1.54) is 4.90 Å². The summed E-state index contributed by atoms with van der Waals surface area (Å²) in [6.07, 6.45) is 1.76. The fraction of sp³-hybridized carbons (Fsp3) is 0.154. The van der Waals surface area contributed by atoms with Crippen molar-refractivity contribution in [3.05, 3.63) is 88.6 Å². The summed E-state index contributed by atoms with van der Waals surface area (Å²) in [5.41, 5.74) is 2.68. The average molecular weight is 495 g/mol. The van der Waals surface area contributed by atoms with E-state index < -0.39 is 0 Å².